The van der Waals surface area contributed by atoms with Gasteiger partial charge in [0.1, 0.15) is 5.78 Å². The van der Waals surface area contributed by atoms with Crippen LogP contribution < -0.4 is 5.32 Å². The number of hydrogen-bond acceptors (Lipinski definition) is 3. The number of nitrogens with one attached hydrogen (secondary N) is 1. The molecule has 0 aromatic carbocycles. The zero-order chi connectivity index (χ0) is 14.6. The van der Waals surface area contributed by atoms with Gasteiger partial charge in [-0.15, -0.1) is 11.8 Å². The van der Waals surface area contributed by atoms with Gasteiger partial charge in [-0.05, 0) is 11.7 Å². The molecule has 3 nitrogen and oxygen atoms in total. The van der Waals surface area contributed by atoms with E-state index in [2.05, 4.69) is 5.32 Å². The number of ketones is 1. The second-order valence-corrected chi connectivity index (χ2v) is 7.10. The Bertz CT molecular complexity index is 309. The molecule has 0 fully saturated rings. The van der Waals surface area contributed by atoms with Crippen LogP contribution in [0.4, 0.5) is 0 Å². The number of carbonyl (C=O) groups is 2. The Kier molecular flexibility index (Phi) is 6.41. The van der Waals surface area contributed by atoms with E-state index in [0.29, 0.717) is 12.3 Å². The zero-order valence-corrected chi connectivity index (χ0v) is 13.5. The van der Waals surface area contributed by atoms with Gasteiger partial charge in [0.05, 0.1) is 5.88 Å². The van der Waals surface area contributed by atoms with Crippen LogP contribution in [0.5, 0.6) is 0 Å². The summed E-state index contributed by atoms with van der Waals surface area (Å²) < 4.78 is 0. The van der Waals surface area contributed by atoms with Gasteiger partial charge in [0.2, 0.25) is 5.91 Å². The van der Waals surface area contributed by atoms with E-state index in [1.54, 1.807) is 11.8 Å². The van der Waals surface area contributed by atoms with Gasteiger partial charge in [0.25, 0.3) is 0 Å². The molecule has 0 atom stereocenters. The highest BCUT2D eigenvalue weighted by atomic mass is 32.2. The standard InChI is InChI=1S/C14H27NO2S/c1-10(2)12(17)14(5,6)13(3,4)8-11(16)15-9-18-7/h10H,8-9H2,1-7H3,(H,15,16). The van der Waals surface area contributed by atoms with E-state index in [1.807, 2.05) is 47.8 Å². The predicted octanol–water partition coefficient (Wildman–Crippen LogP) is 3.09. The maximum atomic E-state index is 12.3. The molecular weight excluding hydrogens is 246 g/mol. The summed E-state index contributed by atoms with van der Waals surface area (Å²) in [5.41, 5.74) is -0.852. The van der Waals surface area contributed by atoms with Crippen molar-refractivity contribution in [2.45, 2.75) is 48.0 Å². The van der Waals surface area contributed by atoms with Gasteiger partial charge in [0, 0.05) is 17.8 Å². The maximum absolute atomic E-state index is 12.3. The van der Waals surface area contributed by atoms with Crippen molar-refractivity contribution in [3.63, 3.8) is 0 Å². The molecule has 0 rings (SSSR count). The minimum Gasteiger partial charge on any atom is -0.347 e. The molecule has 0 aliphatic heterocycles. The third-order valence-corrected chi connectivity index (χ3v) is 4.28. The number of thioether (sulfide) groups is 1. The molecule has 0 saturated carbocycles. The Labute approximate surface area is 115 Å². The molecule has 1 amide bonds. The molecule has 0 heterocycles. The first-order valence-corrected chi connectivity index (χ1v) is 7.75. The normalized spacial score (nSPS) is 12.7. The monoisotopic (exact) mass is 273 g/mol. The van der Waals surface area contributed by atoms with Gasteiger partial charge in [-0.1, -0.05) is 41.5 Å². The molecule has 4 heteroatoms. The highest BCUT2D eigenvalue weighted by Crippen LogP contribution is 2.43. The molecule has 0 radical (unpaired) electrons. The Morgan fingerprint density at radius 2 is 1.67 bits per heavy atom. The minimum atomic E-state index is -0.502. The topological polar surface area (TPSA) is 46.2 Å². The van der Waals surface area contributed by atoms with Crippen LogP contribution in [0.1, 0.15) is 48.0 Å². The van der Waals surface area contributed by atoms with Crippen molar-refractivity contribution in [1.29, 1.82) is 0 Å². The Hall–Kier alpha value is -0.510. The molecule has 0 spiro atoms. The Morgan fingerprint density at radius 3 is 2.06 bits per heavy atom. The summed E-state index contributed by atoms with van der Waals surface area (Å²) in [5, 5.41) is 2.84. The molecule has 0 saturated heterocycles. The van der Waals surface area contributed by atoms with E-state index in [1.165, 1.54) is 0 Å². The summed E-state index contributed by atoms with van der Waals surface area (Å²) in [4.78, 5) is 24.1. The lowest BCUT2D eigenvalue weighted by molar-refractivity contribution is -0.138. The Balaban J connectivity index is 4.80. The summed E-state index contributed by atoms with van der Waals surface area (Å²) in [6.07, 6.45) is 2.32. The highest BCUT2D eigenvalue weighted by Gasteiger charge is 2.44. The van der Waals surface area contributed by atoms with Crippen molar-refractivity contribution in [3.8, 4) is 0 Å². The average Bonchev–Trinajstić information content (AvgIpc) is 2.24. The van der Waals surface area contributed by atoms with Crippen molar-refractivity contribution >= 4 is 23.5 Å². The SMILES string of the molecule is CSCNC(=O)CC(C)(C)C(C)(C)C(=O)C(C)C. The summed E-state index contributed by atoms with van der Waals surface area (Å²) in [5.74, 6) is 0.839. The second kappa shape index (κ2) is 6.60. The van der Waals surface area contributed by atoms with Gasteiger partial charge >= 0.3 is 0 Å². The minimum absolute atomic E-state index is 0.00599. The van der Waals surface area contributed by atoms with E-state index >= 15 is 0 Å². The molecular formula is C14H27NO2S. The summed E-state index contributed by atoms with van der Waals surface area (Å²) in [7, 11) is 0. The van der Waals surface area contributed by atoms with Crippen LogP contribution in [0.25, 0.3) is 0 Å². The van der Waals surface area contributed by atoms with Gasteiger partial charge in [-0.2, -0.15) is 0 Å². The fraction of sp³-hybridized carbons (Fsp3) is 0.857. The van der Waals surface area contributed by atoms with Crippen LogP contribution in [0.2, 0.25) is 0 Å². The fourth-order valence-electron chi connectivity index (χ4n) is 1.89. The fourth-order valence-corrected chi connectivity index (χ4v) is 2.20. The average molecular weight is 273 g/mol. The number of Topliss-reactive ketones (excluding diaryl/α,β-unsaturated/α-hetero) is 1. The Morgan fingerprint density at radius 1 is 1.17 bits per heavy atom. The van der Waals surface area contributed by atoms with Crippen LogP contribution >= 0.6 is 11.8 Å². The van der Waals surface area contributed by atoms with Crippen LogP contribution in [0.15, 0.2) is 0 Å². The maximum Gasteiger partial charge on any atom is 0.221 e. The molecule has 18 heavy (non-hydrogen) atoms. The lowest BCUT2D eigenvalue weighted by Gasteiger charge is -2.41. The largest absolute Gasteiger partial charge is 0.347 e. The number of rotatable bonds is 7. The molecule has 0 aromatic heterocycles. The smallest absolute Gasteiger partial charge is 0.221 e. The van der Waals surface area contributed by atoms with Crippen molar-refractivity contribution in [1.82, 2.24) is 5.32 Å². The molecule has 0 aliphatic carbocycles. The van der Waals surface area contributed by atoms with E-state index < -0.39 is 5.41 Å². The van der Waals surface area contributed by atoms with Crippen molar-refractivity contribution in [2.75, 3.05) is 12.1 Å². The van der Waals surface area contributed by atoms with Crippen molar-refractivity contribution in [3.05, 3.63) is 0 Å². The molecule has 0 unspecified atom stereocenters. The summed E-state index contributed by atoms with van der Waals surface area (Å²) in [6, 6.07) is 0. The number of hydrogen-bond donors (Lipinski definition) is 1. The molecule has 0 aliphatic rings. The summed E-state index contributed by atoms with van der Waals surface area (Å²) >= 11 is 1.58. The van der Waals surface area contributed by atoms with E-state index in [0.717, 1.165) is 0 Å². The van der Waals surface area contributed by atoms with Gasteiger partial charge < -0.3 is 5.32 Å². The van der Waals surface area contributed by atoms with Gasteiger partial charge in [0.15, 0.2) is 0 Å². The lowest BCUT2D eigenvalue weighted by Crippen LogP contribution is -2.44. The zero-order valence-electron chi connectivity index (χ0n) is 12.7. The predicted molar refractivity (Wildman–Crippen MR) is 78.5 cm³/mol. The molecule has 0 bridgehead atoms. The number of amides is 1. The van der Waals surface area contributed by atoms with Crippen molar-refractivity contribution in [2.24, 2.45) is 16.7 Å². The van der Waals surface area contributed by atoms with Gasteiger partial charge in [-0.25, -0.2) is 0 Å². The highest BCUT2D eigenvalue weighted by molar-refractivity contribution is 7.98. The van der Waals surface area contributed by atoms with Crippen LogP contribution in [-0.4, -0.2) is 23.8 Å². The lowest BCUT2D eigenvalue weighted by atomic mass is 9.62. The second-order valence-electron chi connectivity index (χ2n) is 6.24. The molecule has 0 aromatic rings. The first-order chi connectivity index (χ1) is 8.06. The van der Waals surface area contributed by atoms with Gasteiger partial charge in [-0.3, -0.25) is 9.59 Å². The first kappa shape index (κ1) is 17.5. The first-order valence-electron chi connectivity index (χ1n) is 6.36. The van der Waals surface area contributed by atoms with Crippen LogP contribution in [-0.2, 0) is 9.59 Å². The summed E-state index contributed by atoms with van der Waals surface area (Å²) in [6.45, 7) is 11.7. The van der Waals surface area contributed by atoms with Crippen molar-refractivity contribution < 1.29 is 9.59 Å². The molecule has 1 N–H and O–H groups in total. The van der Waals surface area contributed by atoms with E-state index in [4.69, 9.17) is 0 Å². The van der Waals surface area contributed by atoms with E-state index in [9.17, 15) is 9.59 Å². The third-order valence-electron chi connectivity index (χ3n) is 3.85. The molecule has 106 valence electrons. The van der Waals surface area contributed by atoms with Crippen LogP contribution in [0.3, 0.4) is 0 Å². The van der Waals surface area contributed by atoms with Crippen LogP contribution in [0, 0.1) is 16.7 Å². The van der Waals surface area contributed by atoms with E-state index in [-0.39, 0.29) is 23.0 Å². The quantitative estimate of drug-likeness (QED) is 0.725. The third kappa shape index (κ3) is 4.30. The number of carbonyl (C=O) groups excluding carboxylic acids is 2.